The van der Waals surface area contributed by atoms with Crippen LogP contribution in [0, 0.1) is 0 Å². The zero-order valence-corrected chi connectivity index (χ0v) is 19.4. The number of imidazole rings is 1. The van der Waals surface area contributed by atoms with Crippen molar-refractivity contribution < 1.29 is 9.88 Å². The van der Waals surface area contributed by atoms with Crippen molar-refractivity contribution in [1.29, 1.82) is 0 Å². The lowest BCUT2D eigenvalue weighted by Gasteiger charge is -1.97. The molecule has 0 aliphatic rings. The third kappa shape index (κ3) is 7.98. The van der Waals surface area contributed by atoms with Crippen molar-refractivity contribution in [2.45, 2.75) is 26.2 Å². The van der Waals surface area contributed by atoms with Gasteiger partial charge in [-0.05, 0) is 23.1 Å². The fraction of sp³-hybridized carbons (Fsp3) is 0.143. The molecule has 0 saturated carbocycles. The molecule has 0 aliphatic carbocycles. The third-order valence-electron chi connectivity index (χ3n) is 4.90. The summed E-state index contributed by atoms with van der Waals surface area (Å²) in [6.07, 6.45) is 12.2. The predicted octanol–water partition coefficient (Wildman–Crippen LogP) is 5.38. The van der Waals surface area contributed by atoms with E-state index in [0.717, 1.165) is 41.8 Å². The van der Waals surface area contributed by atoms with Crippen molar-refractivity contribution in [1.82, 2.24) is 4.68 Å². The Labute approximate surface area is 200 Å². The summed E-state index contributed by atoms with van der Waals surface area (Å²) in [6.45, 7) is 2.19. The first-order valence-electron chi connectivity index (χ1n) is 11.3. The third-order valence-corrected chi connectivity index (χ3v) is 4.90. The van der Waals surface area contributed by atoms with Gasteiger partial charge >= 0.3 is 5.82 Å². The molecule has 172 valence electrons. The van der Waals surface area contributed by atoms with Gasteiger partial charge in [-0.15, -0.1) is 9.35 Å². The summed E-state index contributed by atoms with van der Waals surface area (Å²) in [5.74, 6) is 1.07. The zero-order valence-electron chi connectivity index (χ0n) is 19.4. The summed E-state index contributed by atoms with van der Waals surface area (Å²) in [5, 5.41) is 20.2. The van der Waals surface area contributed by atoms with Gasteiger partial charge in [0.1, 0.15) is 0 Å². The molecule has 0 spiro atoms. The fourth-order valence-corrected chi connectivity index (χ4v) is 3.12. The second kappa shape index (κ2) is 14.0. The first-order chi connectivity index (χ1) is 16.8. The number of hydrogen-bond donors (Lipinski definition) is 1. The second-order valence-corrected chi connectivity index (χ2v) is 7.47. The standard InChI is InChI=1S/C21H23N4.C7H7NO/c1-2-3-14-21-24(22-17-19-10-6-4-7-11-19)15-16-25(21)23-18-20-12-8-5-9-13-20;9-8-6-7-4-2-1-3-5-7/h4-13,15-18H,2-3,14H2,1H3;1-6,9H/q+1;. The lowest BCUT2D eigenvalue weighted by Crippen LogP contribution is -2.31. The number of hydrogen-bond acceptors (Lipinski definition) is 4. The molecule has 0 radical (unpaired) electrons. The number of nitrogens with zero attached hydrogens (tertiary/aromatic N) is 5. The highest BCUT2D eigenvalue weighted by atomic mass is 16.4. The van der Waals surface area contributed by atoms with Gasteiger partial charge in [-0.25, -0.2) is 0 Å². The van der Waals surface area contributed by atoms with E-state index in [2.05, 4.69) is 22.3 Å². The van der Waals surface area contributed by atoms with Crippen molar-refractivity contribution in [3.05, 3.63) is 126 Å². The number of oxime groups is 1. The van der Waals surface area contributed by atoms with E-state index in [-0.39, 0.29) is 0 Å². The van der Waals surface area contributed by atoms with E-state index in [1.165, 1.54) is 6.21 Å². The normalized spacial score (nSPS) is 11.2. The van der Waals surface area contributed by atoms with Crippen molar-refractivity contribution in [3.63, 3.8) is 0 Å². The minimum atomic E-state index is 0.903. The lowest BCUT2D eigenvalue weighted by molar-refractivity contribution is -0.685. The van der Waals surface area contributed by atoms with E-state index >= 15 is 0 Å². The van der Waals surface area contributed by atoms with Crippen LogP contribution < -0.4 is 4.68 Å². The molecule has 34 heavy (non-hydrogen) atoms. The van der Waals surface area contributed by atoms with Crippen LogP contribution in [0.3, 0.4) is 0 Å². The van der Waals surface area contributed by atoms with E-state index in [4.69, 9.17) is 5.21 Å². The lowest BCUT2D eigenvalue weighted by atomic mass is 10.2. The van der Waals surface area contributed by atoms with Crippen molar-refractivity contribution >= 4 is 18.6 Å². The van der Waals surface area contributed by atoms with E-state index in [0.29, 0.717) is 0 Å². The molecule has 4 aromatic rings. The molecular formula is C28H30N5O+. The average Bonchev–Trinajstić information content (AvgIpc) is 3.29. The van der Waals surface area contributed by atoms with Crippen LogP contribution >= 0.6 is 0 Å². The highest BCUT2D eigenvalue weighted by Gasteiger charge is 2.16. The zero-order chi connectivity index (χ0) is 23.8. The minimum Gasteiger partial charge on any atom is -0.411 e. The van der Waals surface area contributed by atoms with E-state index in [9.17, 15) is 0 Å². The van der Waals surface area contributed by atoms with Crippen LogP contribution in [0.4, 0.5) is 0 Å². The minimum absolute atomic E-state index is 0.903. The number of benzene rings is 3. The fourth-order valence-electron chi connectivity index (χ4n) is 3.12. The SMILES string of the molecule is CCCCc1n(N=Cc2ccccc2)cc[n+]1N=Cc1ccccc1.ON=Cc1ccccc1. The Hall–Kier alpha value is -4.32. The topological polar surface area (TPSA) is 66.1 Å². The molecule has 1 heterocycles. The smallest absolute Gasteiger partial charge is 0.307 e. The van der Waals surface area contributed by atoms with Crippen LogP contribution in [-0.2, 0) is 6.42 Å². The molecule has 0 atom stereocenters. The molecule has 0 saturated heterocycles. The molecule has 6 nitrogen and oxygen atoms in total. The van der Waals surface area contributed by atoms with Gasteiger partial charge in [-0.1, -0.05) is 120 Å². The van der Waals surface area contributed by atoms with Gasteiger partial charge in [0.05, 0.1) is 25.1 Å². The van der Waals surface area contributed by atoms with Gasteiger partial charge < -0.3 is 5.21 Å². The Morgan fingerprint density at radius 1 is 0.765 bits per heavy atom. The van der Waals surface area contributed by atoms with Gasteiger partial charge in [0, 0.05) is 0 Å². The summed E-state index contributed by atoms with van der Waals surface area (Å²) in [5.41, 5.74) is 3.06. The molecule has 0 aliphatic heterocycles. The molecule has 0 amide bonds. The molecule has 0 fully saturated rings. The molecule has 6 heteroatoms. The molecular weight excluding hydrogens is 422 g/mol. The van der Waals surface area contributed by atoms with Gasteiger partial charge in [0.15, 0.2) is 12.4 Å². The highest BCUT2D eigenvalue weighted by Crippen LogP contribution is 2.03. The maximum Gasteiger partial charge on any atom is 0.307 e. The maximum absolute atomic E-state index is 8.09. The number of rotatable bonds is 8. The van der Waals surface area contributed by atoms with E-state index < -0.39 is 0 Å². The van der Waals surface area contributed by atoms with Crippen LogP contribution in [-0.4, -0.2) is 28.5 Å². The van der Waals surface area contributed by atoms with Gasteiger partial charge in [0.2, 0.25) is 0 Å². The van der Waals surface area contributed by atoms with Gasteiger partial charge in [0.25, 0.3) is 0 Å². The number of unbranched alkanes of at least 4 members (excludes halogenated alkanes) is 1. The highest BCUT2D eigenvalue weighted by molar-refractivity contribution is 5.79. The first-order valence-corrected chi connectivity index (χ1v) is 11.3. The van der Waals surface area contributed by atoms with Crippen LogP contribution in [0.5, 0.6) is 0 Å². The molecule has 3 aromatic carbocycles. The molecule has 0 bridgehead atoms. The molecule has 1 aromatic heterocycles. The van der Waals surface area contributed by atoms with E-state index in [1.54, 1.807) is 0 Å². The summed E-state index contributed by atoms with van der Waals surface area (Å²) in [6, 6.07) is 29.6. The Morgan fingerprint density at radius 2 is 1.29 bits per heavy atom. The van der Waals surface area contributed by atoms with Crippen molar-refractivity contribution in [3.8, 4) is 0 Å². The Balaban J connectivity index is 0.000000302. The monoisotopic (exact) mass is 452 g/mol. The second-order valence-electron chi connectivity index (χ2n) is 7.47. The summed E-state index contributed by atoms with van der Waals surface area (Å²) in [7, 11) is 0. The molecule has 4 rings (SSSR count). The van der Waals surface area contributed by atoms with Gasteiger partial charge in [-0.3, -0.25) is 0 Å². The van der Waals surface area contributed by atoms with Crippen LogP contribution in [0.25, 0.3) is 0 Å². The largest absolute Gasteiger partial charge is 0.411 e. The van der Waals surface area contributed by atoms with Crippen molar-refractivity contribution in [2.24, 2.45) is 15.4 Å². The first kappa shape index (κ1) is 24.3. The van der Waals surface area contributed by atoms with Crippen LogP contribution in [0.2, 0.25) is 0 Å². The summed E-state index contributed by atoms with van der Waals surface area (Å²) in [4.78, 5) is 0. The summed E-state index contributed by atoms with van der Waals surface area (Å²) < 4.78 is 3.82. The Bertz CT molecular complexity index is 1120. The van der Waals surface area contributed by atoms with Crippen LogP contribution in [0.15, 0.2) is 119 Å². The van der Waals surface area contributed by atoms with Crippen molar-refractivity contribution in [2.75, 3.05) is 0 Å². The Kier molecular flexibility index (Phi) is 9.98. The quantitative estimate of drug-likeness (QED) is 0.166. The average molecular weight is 453 g/mol. The maximum atomic E-state index is 8.09. The van der Waals surface area contributed by atoms with E-state index in [1.807, 2.05) is 125 Å². The summed E-state index contributed by atoms with van der Waals surface area (Å²) >= 11 is 0. The van der Waals surface area contributed by atoms with Gasteiger partial charge in [-0.2, -0.15) is 0 Å². The number of aromatic nitrogens is 2. The van der Waals surface area contributed by atoms with Crippen LogP contribution in [0.1, 0.15) is 42.3 Å². The molecule has 0 unspecified atom stereocenters. The Morgan fingerprint density at radius 3 is 1.82 bits per heavy atom. The predicted molar refractivity (Wildman–Crippen MR) is 138 cm³/mol. The molecule has 1 N–H and O–H groups in total.